The number of ether oxygens (including phenoxy) is 1. The molecule has 1 amide bonds. The zero-order valence-corrected chi connectivity index (χ0v) is 15.3. The molecule has 0 unspecified atom stereocenters. The first-order valence-corrected chi connectivity index (χ1v) is 9.05. The summed E-state index contributed by atoms with van der Waals surface area (Å²) in [7, 11) is 0. The summed E-state index contributed by atoms with van der Waals surface area (Å²) in [5, 5.41) is 0. The van der Waals surface area contributed by atoms with Crippen molar-refractivity contribution in [2.75, 3.05) is 31.1 Å². The first-order chi connectivity index (χ1) is 13.0. The summed E-state index contributed by atoms with van der Waals surface area (Å²) >= 11 is 0. The van der Waals surface area contributed by atoms with Gasteiger partial charge in [0.25, 0.3) is 5.91 Å². The van der Waals surface area contributed by atoms with Gasteiger partial charge in [-0.1, -0.05) is 30.3 Å². The van der Waals surface area contributed by atoms with Crippen molar-refractivity contribution in [1.82, 2.24) is 4.90 Å². The molecule has 5 nitrogen and oxygen atoms in total. The van der Waals surface area contributed by atoms with Crippen molar-refractivity contribution in [3.05, 3.63) is 66.0 Å². The molecule has 0 bridgehead atoms. The van der Waals surface area contributed by atoms with Gasteiger partial charge in [0.05, 0.1) is 6.42 Å². The number of rotatable bonds is 5. The van der Waals surface area contributed by atoms with Crippen LogP contribution in [0.3, 0.4) is 0 Å². The Labute approximate surface area is 158 Å². The minimum Gasteiger partial charge on any atom is -0.452 e. The molecule has 6 heteroatoms. The van der Waals surface area contributed by atoms with Crippen molar-refractivity contribution >= 4 is 17.6 Å². The van der Waals surface area contributed by atoms with Crippen LogP contribution in [0.4, 0.5) is 10.1 Å². The molecule has 27 heavy (non-hydrogen) atoms. The standard InChI is InChI=1S/C21H23FN2O3/c1-16(27-20(25)15-17-6-5-7-18(22)14-17)21(26)24-12-10-23(11-13-24)19-8-3-2-4-9-19/h2-9,14,16H,10-13,15H2,1H3/t16-/m0/s1. The van der Waals surface area contributed by atoms with E-state index in [1.807, 2.05) is 30.3 Å². The number of piperazine rings is 1. The fourth-order valence-electron chi connectivity index (χ4n) is 3.18. The summed E-state index contributed by atoms with van der Waals surface area (Å²) in [6.07, 6.45) is -0.911. The number of nitrogens with zero attached hydrogens (tertiary/aromatic N) is 2. The van der Waals surface area contributed by atoms with E-state index in [-0.39, 0.29) is 12.3 Å². The molecule has 1 fully saturated rings. The molecule has 2 aromatic rings. The van der Waals surface area contributed by atoms with Gasteiger partial charge in [-0.25, -0.2) is 4.39 Å². The van der Waals surface area contributed by atoms with Gasteiger partial charge in [-0.05, 0) is 36.8 Å². The number of hydrogen-bond acceptors (Lipinski definition) is 4. The number of carbonyl (C=O) groups excluding carboxylic acids is 2. The number of para-hydroxylation sites is 1. The van der Waals surface area contributed by atoms with Crippen molar-refractivity contribution < 1.29 is 18.7 Å². The van der Waals surface area contributed by atoms with Crippen molar-refractivity contribution in [2.24, 2.45) is 0 Å². The third kappa shape index (κ3) is 5.06. The molecule has 1 aliphatic rings. The minimum atomic E-state index is -0.852. The maximum Gasteiger partial charge on any atom is 0.311 e. The highest BCUT2D eigenvalue weighted by Gasteiger charge is 2.27. The van der Waals surface area contributed by atoms with E-state index in [9.17, 15) is 14.0 Å². The smallest absolute Gasteiger partial charge is 0.311 e. The zero-order chi connectivity index (χ0) is 19.2. The number of halogens is 1. The normalized spacial score (nSPS) is 15.3. The second-order valence-corrected chi connectivity index (χ2v) is 6.59. The monoisotopic (exact) mass is 370 g/mol. The molecule has 1 heterocycles. The molecule has 0 aliphatic carbocycles. The van der Waals surface area contributed by atoms with Gasteiger partial charge in [-0.15, -0.1) is 0 Å². The molecule has 1 atom stereocenters. The first-order valence-electron chi connectivity index (χ1n) is 9.05. The summed E-state index contributed by atoms with van der Waals surface area (Å²) in [6.45, 7) is 4.22. The second kappa shape index (κ2) is 8.66. The summed E-state index contributed by atoms with van der Waals surface area (Å²) in [5.41, 5.74) is 1.66. The SMILES string of the molecule is C[C@H](OC(=O)Cc1cccc(F)c1)C(=O)N1CCN(c2ccccc2)CC1. The number of hydrogen-bond donors (Lipinski definition) is 0. The molecule has 0 aromatic heterocycles. The van der Waals surface area contributed by atoms with E-state index >= 15 is 0 Å². The number of anilines is 1. The lowest BCUT2D eigenvalue weighted by Gasteiger charge is -2.37. The van der Waals surface area contributed by atoms with Gasteiger partial charge in [0, 0.05) is 31.9 Å². The van der Waals surface area contributed by atoms with Gasteiger partial charge in [-0.2, -0.15) is 0 Å². The van der Waals surface area contributed by atoms with Crippen LogP contribution in [0.2, 0.25) is 0 Å². The third-order valence-electron chi connectivity index (χ3n) is 4.61. The number of benzene rings is 2. The Morgan fingerprint density at radius 2 is 1.74 bits per heavy atom. The van der Waals surface area contributed by atoms with Gasteiger partial charge in [0.1, 0.15) is 5.82 Å². The summed E-state index contributed by atoms with van der Waals surface area (Å²) in [5.74, 6) is -1.14. The van der Waals surface area contributed by atoms with E-state index in [0.29, 0.717) is 18.7 Å². The van der Waals surface area contributed by atoms with Crippen molar-refractivity contribution in [3.63, 3.8) is 0 Å². The number of amides is 1. The summed E-state index contributed by atoms with van der Waals surface area (Å²) in [6, 6.07) is 15.9. The molecule has 1 saturated heterocycles. The number of esters is 1. The van der Waals surface area contributed by atoms with Crippen LogP contribution in [-0.2, 0) is 20.7 Å². The van der Waals surface area contributed by atoms with E-state index in [0.717, 1.165) is 18.8 Å². The zero-order valence-electron chi connectivity index (χ0n) is 15.3. The van der Waals surface area contributed by atoms with Crippen LogP contribution in [0.25, 0.3) is 0 Å². The molecule has 0 radical (unpaired) electrons. The van der Waals surface area contributed by atoms with Crippen LogP contribution < -0.4 is 4.90 Å². The molecule has 1 aliphatic heterocycles. The Morgan fingerprint density at radius 3 is 2.41 bits per heavy atom. The molecular formula is C21H23FN2O3. The third-order valence-corrected chi connectivity index (χ3v) is 4.61. The Balaban J connectivity index is 1.48. The largest absolute Gasteiger partial charge is 0.452 e. The van der Waals surface area contributed by atoms with E-state index in [2.05, 4.69) is 4.90 Å². The van der Waals surface area contributed by atoms with Gasteiger partial charge in [0.15, 0.2) is 6.10 Å². The molecule has 0 spiro atoms. The molecule has 3 rings (SSSR count). The Hall–Kier alpha value is -2.89. The van der Waals surface area contributed by atoms with E-state index in [1.165, 1.54) is 12.1 Å². The van der Waals surface area contributed by atoms with Crippen molar-refractivity contribution in [3.8, 4) is 0 Å². The van der Waals surface area contributed by atoms with Gasteiger partial charge < -0.3 is 14.5 Å². The lowest BCUT2D eigenvalue weighted by Crippen LogP contribution is -2.51. The fraction of sp³-hybridized carbons (Fsp3) is 0.333. The average Bonchev–Trinajstić information content (AvgIpc) is 2.68. The molecule has 0 saturated carbocycles. The lowest BCUT2D eigenvalue weighted by atomic mass is 10.1. The Bertz CT molecular complexity index is 789. The van der Waals surface area contributed by atoms with Crippen LogP contribution in [-0.4, -0.2) is 49.1 Å². The maximum absolute atomic E-state index is 13.2. The van der Waals surface area contributed by atoms with Crippen LogP contribution in [0.5, 0.6) is 0 Å². The lowest BCUT2D eigenvalue weighted by molar-refractivity contribution is -0.158. The van der Waals surface area contributed by atoms with E-state index < -0.39 is 17.9 Å². The highest BCUT2D eigenvalue weighted by molar-refractivity contribution is 5.84. The predicted molar refractivity (Wildman–Crippen MR) is 101 cm³/mol. The maximum atomic E-state index is 13.2. The molecular weight excluding hydrogens is 347 g/mol. The van der Waals surface area contributed by atoms with Gasteiger partial charge in [-0.3, -0.25) is 9.59 Å². The van der Waals surface area contributed by atoms with Crippen LogP contribution >= 0.6 is 0 Å². The van der Waals surface area contributed by atoms with Crippen molar-refractivity contribution in [1.29, 1.82) is 0 Å². The van der Waals surface area contributed by atoms with Gasteiger partial charge in [0.2, 0.25) is 0 Å². The van der Waals surface area contributed by atoms with E-state index in [1.54, 1.807) is 24.0 Å². The second-order valence-electron chi connectivity index (χ2n) is 6.59. The summed E-state index contributed by atoms with van der Waals surface area (Å²) in [4.78, 5) is 28.5. The first kappa shape index (κ1) is 18.9. The quantitative estimate of drug-likeness (QED) is 0.760. The fourth-order valence-corrected chi connectivity index (χ4v) is 3.18. The van der Waals surface area contributed by atoms with E-state index in [4.69, 9.17) is 4.74 Å². The molecule has 142 valence electrons. The highest BCUT2D eigenvalue weighted by atomic mass is 19.1. The average molecular weight is 370 g/mol. The van der Waals surface area contributed by atoms with Crippen LogP contribution in [0.1, 0.15) is 12.5 Å². The Morgan fingerprint density at radius 1 is 1.04 bits per heavy atom. The summed E-state index contributed by atoms with van der Waals surface area (Å²) < 4.78 is 18.4. The van der Waals surface area contributed by atoms with Crippen LogP contribution in [0.15, 0.2) is 54.6 Å². The highest BCUT2D eigenvalue weighted by Crippen LogP contribution is 2.16. The van der Waals surface area contributed by atoms with Crippen LogP contribution in [0, 0.1) is 5.82 Å². The topological polar surface area (TPSA) is 49.9 Å². The van der Waals surface area contributed by atoms with Gasteiger partial charge >= 0.3 is 5.97 Å². The molecule has 0 N–H and O–H groups in total. The molecule has 2 aromatic carbocycles. The predicted octanol–water partition coefficient (Wildman–Crippen LogP) is 2.65. The number of carbonyl (C=O) groups is 2. The Kier molecular flexibility index (Phi) is 6.06. The van der Waals surface area contributed by atoms with Crippen molar-refractivity contribution in [2.45, 2.75) is 19.4 Å². The minimum absolute atomic E-state index is 0.0584.